The molecule has 1 aliphatic heterocycles. The minimum Gasteiger partial charge on any atom is -0.382 e. The van der Waals surface area contributed by atoms with E-state index in [4.69, 9.17) is 0 Å². The third-order valence-electron chi connectivity index (χ3n) is 2.73. The Labute approximate surface area is 110 Å². The third-order valence-corrected chi connectivity index (χ3v) is 2.73. The van der Waals surface area contributed by atoms with Gasteiger partial charge in [0.05, 0.1) is 0 Å². The van der Waals surface area contributed by atoms with E-state index in [-0.39, 0.29) is 24.8 Å². The molecule has 1 heterocycles. The molecule has 1 aromatic carbocycles. The van der Waals surface area contributed by atoms with Crippen molar-refractivity contribution < 1.29 is 0 Å². The lowest BCUT2D eigenvalue weighted by molar-refractivity contribution is 0.479. The highest BCUT2D eigenvalue weighted by Gasteiger charge is 2.11. The average molecular weight is 263 g/mol. The zero-order valence-electron chi connectivity index (χ0n) is 9.53. The minimum absolute atomic E-state index is 0. The summed E-state index contributed by atoms with van der Waals surface area (Å²) in [6, 6.07) is 9.25. The van der Waals surface area contributed by atoms with Crippen LogP contribution in [0.2, 0.25) is 0 Å². The van der Waals surface area contributed by atoms with Gasteiger partial charge in [-0.1, -0.05) is 12.1 Å². The van der Waals surface area contributed by atoms with Crippen LogP contribution in [0, 0.1) is 6.92 Å². The first kappa shape index (κ1) is 15.6. The molecule has 1 aliphatic rings. The number of halogens is 2. The lowest BCUT2D eigenvalue weighted by atomic mass is 10.1. The Bertz CT molecular complexity index is 299. The van der Waals surface area contributed by atoms with E-state index in [1.807, 2.05) is 0 Å². The van der Waals surface area contributed by atoms with E-state index in [1.165, 1.54) is 24.1 Å². The number of rotatable bonds is 2. The SMILES string of the molecule is Cc1cccc(NC2CCNCC2)c1.Cl.Cl. The van der Waals surface area contributed by atoms with E-state index in [0.29, 0.717) is 6.04 Å². The molecule has 0 saturated carbocycles. The van der Waals surface area contributed by atoms with Crippen LogP contribution in [-0.4, -0.2) is 19.1 Å². The second kappa shape index (κ2) is 7.77. The Morgan fingerprint density at radius 3 is 2.50 bits per heavy atom. The summed E-state index contributed by atoms with van der Waals surface area (Å²) in [6.07, 6.45) is 2.46. The molecule has 0 bridgehead atoms. The number of hydrogen-bond acceptors (Lipinski definition) is 2. The second-order valence-electron chi connectivity index (χ2n) is 4.04. The van der Waals surface area contributed by atoms with Gasteiger partial charge in [-0.05, 0) is 50.6 Å². The Hall–Kier alpha value is -0.440. The Morgan fingerprint density at radius 2 is 1.88 bits per heavy atom. The van der Waals surface area contributed by atoms with Crippen LogP contribution >= 0.6 is 24.8 Å². The monoisotopic (exact) mass is 262 g/mol. The summed E-state index contributed by atoms with van der Waals surface area (Å²) in [5, 5.41) is 6.95. The summed E-state index contributed by atoms with van der Waals surface area (Å²) in [5.74, 6) is 0. The van der Waals surface area contributed by atoms with E-state index in [9.17, 15) is 0 Å². The van der Waals surface area contributed by atoms with Crippen LogP contribution in [0.4, 0.5) is 5.69 Å². The third kappa shape index (κ3) is 4.60. The van der Waals surface area contributed by atoms with Crippen molar-refractivity contribution in [3.8, 4) is 0 Å². The van der Waals surface area contributed by atoms with E-state index in [0.717, 1.165) is 13.1 Å². The molecule has 0 spiro atoms. The minimum atomic E-state index is 0. The molecule has 0 aromatic heterocycles. The van der Waals surface area contributed by atoms with Gasteiger partial charge in [0.15, 0.2) is 0 Å². The second-order valence-corrected chi connectivity index (χ2v) is 4.04. The van der Waals surface area contributed by atoms with Crippen molar-refractivity contribution in [1.29, 1.82) is 0 Å². The molecule has 1 fully saturated rings. The molecular weight excluding hydrogens is 243 g/mol. The fourth-order valence-electron chi connectivity index (χ4n) is 1.94. The summed E-state index contributed by atoms with van der Waals surface area (Å²) >= 11 is 0. The Morgan fingerprint density at radius 1 is 1.19 bits per heavy atom. The first-order chi connectivity index (χ1) is 6.84. The van der Waals surface area contributed by atoms with Gasteiger partial charge in [0.25, 0.3) is 0 Å². The normalized spacial score (nSPS) is 15.8. The van der Waals surface area contributed by atoms with Crippen molar-refractivity contribution in [3.63, 3.8) is 0 Å². The maximum atomic E-state index is 3.58. The molecule has 0 amide bonds. The van der Waals surface area contributed by atoms with Crippen LogP contribution in [0.1, 0.15) is 18.4 Å². The summed E-state index contributed by atoms with van der Waals surface area (Å²) in [6.45, 7) is 4.42. The van der Waals surface area contributed by atoms with Gasteiger partial charge in [-0.3, -0.25) is 0 Å². The first-order valence-corrected chi connectivity index (χ1v) is 5.38. The van der Waals surface area contributed by atoms with Gasteiger partial charge in [-0.25, -0.2) is 0 Å². The molecule has 2 nitrogen and oxygen atoms in total. The van der Waals surface area contributed by atoms with Gasteiger partial charge in [-0.2, -0.15) is 0 Å². The van der Waals surface area contributed by atoms with Gasteiger partial charge < -0.3 is 10.6 Å². The maximum Gasteiger partial charge on any atom is 0.0344 e. The van der Waals surface area contributed by atoms with Gasteiger partial charge in [0.2, 0.25) is 0 Å². The highest BCUT2D eigenvalue weighted by Crippen LogP contribution is 2.14. The zero-order chi connectivity index (χ0) is 9.80. The maximum absolute atomic E-state index is 3.58. The molecule has 0 atom stereocenters. The van der Waals surface area contributed by atoms with E-state index in [1.54, 1.807) is 0 Å². The molecule has 1 saturated heterocycles. The summed E-state index contributed by atoms with van der Waals surface area (Å²) < 4.78 is 0. The zero-order valence-corrected chi connectivity index (χ0v) is 11.2. The largest absolute Gasteiger partial charge is 0.382 e. The van der Waals surface area contributed by atoms with Crippen molar-refractivity contribution in [2.24, 2.45) is 0 Å². The van der Waals surface area contributed by atoms with Crippen molar-refractivity contribution in [2.45, 2.75) is 25.8 Å². The summed E-state index contributed by atoms with van der Waals surface area (Å²) in [4.78, 5) is 0. The van der Waals surface area contributed by atoms with Crippen molar-refractivity contribution in [2.75, 3.05) is 18.4 Å². The number of piperidine rings is 1. The quantitative estimate of drug-likeness (QED) is 0.857. The van der Waals surface area contributed by atoms with Gasteiger partial charge in [0.1, 0.15) is 0 Å². The molecule has 2 rings (SSSR count). The number of hydrogen-bond donors (Lipinski definition) is 2. The predicted molar refractivity (Wildman–Crippen MR) is 75.2 cm³/mol. The number of aryl methyl sites for hydroxylation is 1. The van der Waals surface area contributed by atoms with Crippen molar-refractivity contribution in [1.82, 2.24) is 5.32 Å². The first-order valence-electron chi connectivity index (χ1n) is 5.38. The lowest BCUT2D eigenvalue weighted by Crippen LogP contribution is -2.35. The van der Waals surface area contributed by atoms with Crippen molar-refractivity contribution in [3.05, 3.63) is 29.8 Å². The predicted octanol–water partition coefficient (Wildman–Crippen LogP) is 3.00. The molecule has 2 N–H and O–H groups in total. The molecule has 4 heteroatoms. The summed E-state index contributed by atoms with van der Waals surface area (Å²) in [5.41, 5.74) is 2.58. The molecule has 92 valence electrons. The highest BCUT2D eigenvalue weighted by atomic mass is 35.5. The molecular formula is C12H20Cl2N2. The van der Waals surface area contributed by atoms with E-state index >= 15 is 0 Å². The number of nitrogens with one attached hydrogen (secondary N) is 2. The fraction of sp³-hybridized carbons (Fsp3) is 0.500. The smallest absolute Gasteiger partial charge is 0.0344 e. The molecule has 16 heavy (non-hydrogen) atoms. The van der Waals surface area contributed by atoms with Crippen LogP contribution in [0.5, 0.6) is 0 Å². The standard InChI is InChI=1S/C12H18N2.2ClH/c1-10-3-2-4-12(9-10)14-11-5-7-13-8-6-11;;/h2-4,9,11,13-14H,5-8H2,1H3;2*1H. The molecule has 0 unspecified atom stereocenters. The number of anilines is 1. The molecule has 1 aromatic rings. The van der Waals surface area contributed by atoms with E-state index in [2.05, 4.69) is 41.8 Å². The Balaban J connectivity index is 0.00000112. The van der Waals surface area contributed by atoms with Gasteiger partial charge in [-0.15, -0.1) is 24.8 Å². The van der Waals surface area contributed by atoms with E-state index < -0.39 is 0 Å². The highest BCUT2D eigenvalue weighted by molar-refractivity contribution is 5.85. The molecule has 0 radical (unpaired) electrons. The fourth-order valence-corrected chi connectivity index (χ4v) is 1.94. The van der Waals surface area contributed by atoms with Crippen LogP contribution in [0.25, 0.3) is 0 Å². The molecule has 0 aliphatic carbocycles. The van der Waals surface area contributed by atoms with Crippen LogP contribution in [-0.2, 0) is 0 Å². The summed E-state index contributed by atoms with van der Waals surface area (Å²) in [7, 11) is 0. The lowest BCUT2D eigenvalue weighted by Gasteiger charge is -2.24. The topological polar surface area (TPSA) is 24.1 Å². The van der Waals surface area contributed by atoms with Crippen LogP contribution in [0.15, 0.2) is 24.3 Å². The van der Waals surface area contributed by atoms with Gasteiger partial charge >= 0.3 is 0 Å². The van der Waals surface area contributed by atoms with Gasteiger partial charge in [0, 0.05) is 11.7 Å². The van der Waals surface area contributed by atoms with Crippen LogP contribution < -0.4 is 10.6 Å². The van der Waals surface area contributed by atoms with Crippen LogP contribution in [0.3, 0.4) is 0 Å². The van der Waals surface area contributed by atoms with Crippen molar-refractivity contribution >= 4 is 30.5 Å². The average Bonchev–Trinajstić information content (AvgIpc) is 2.19. The number of benzene rings is 1. The Kier molecular flexibility index (Phi) is 7.56.